The normalized spacial score (nSPS) is 22.8. The van der Waals surface area contributed by atoms with E-state index in [1.54, 1.807) is 14.0 Å². The van der Waals surface area contributed by atoms with E-state index in [1.165, 1.54) is 4.90 Å². The Kier molecular flexibility index (Phi) is 10.6. The van der Waals surface area contributed by atoms with Gasteiger partial charge in [-0.15, -0.1) is 0 Å². The number of halogens is 1. The number of fused-ring (bicyclic) bond motifs is 1. The molecule has 1 aliphatic heterocycles. The number of methoxy groups -OCH3 is 1. The number of likely N-dealkylation sites (tertiary alicyclic amines) is 1. The zero-order valence-corrected chi connectivity index (χ0v) is 28.8. The van der Waals surface area contributed by atoms with Crippen molar-refractivity contribution in [2.75, 3.05) is 26.8 Å². The number of hydrogen-bond donors (Lipinski definition) is 3. The Bertz CT molecular complexity index is 1570. The van der Waals surface area contributed by atoms with Crippen LogP contribution in [-0.2, 0) is 14.3 Å². The van der Waals surface area contributed by atoms with Crippen molar-refractivity contribution in [3.63, 3.8) is 0 Å². The number of nitrogens with one attached hydrogen (secondary N) is 2. The number of aromatic nitrogens is 1. The van der Waals surface area contributed by atoms with Crippen molar-refractivity contribution in [3.8, 4) is 22.8 Å². The average Bonchev–Trinajstić information content (AvgIpc) is 3.50. The third-order valence-electron chi connectivity index (χ3n) is 8.40. The molecule has 46 heavy (non-hydrogen) atoms. The molecule has 3 aromatic rings. The lowest BCUT2D eigenvalue weighted by Gasteiger charge is -2.28. The molecule has 4 N–H and O–H groups in total. The molecule has 2 fully saturated rings. The summed E-state index contributed by atoms with van der Waals surface area (Å²) < 4.78 is 17.3. The van der Waals surface area contributed by atoms with Crippen molar-refractivity contribution in [1.82, 2.24) is 20.5 Å². The second-order valence-corrected chi connectivity index (χ2v) is 13.8. The van der Waals surface area contributed by atoms with Crippen LogP contribution >= 0.6 is 22.6 Å². The van der Waals surface area contributed by atoms with Crippen LogP contribution in [0.15, 0.2) is 54.6 Å². The fourth-order valence-corrected chi connectivity index (χ4v) is 7.02. The minimum atomic E-state index is -1.10. The fraction of sp³-hybridized carbons (Fsp3) is 0.471. The molecule has 1 saturated carbocycles. The van der Waals surface area contributed by atoms with E-state index in [9.17, 15) is 14.4 Å². The first-order chi connectivity index (χ1) is 22.1. The van der Waals surface area contributed by atoms with E-state index in [0.29, 0.717) is 35.8 Å². The van der Waals surface area contributed by atoms with E-state index in [2.05, 4.69) is 47.1 Å². The summed E-state index contributed by atoms with van der Waals surface area (Å²) in [4.78, 5) is 46.8. The second-order valence-electron chi connectivity index (χ2n) is 12.3. The zero-order valence-electron chi connectivity index (χ0n) is 26.6. The minimum absolute atomic E-state index is 0.104. The highest BCUT2D eigenvalue weighted by Gasteiger charge is 2.62. The van der Waals surface area contributed by atoms with E-state index >= 15 is 0 Å². The number of carbonyl (C=O) groups is 3. The van der Waals surface area contributed by atoms with E-state index in [1.807, 2.05) is 54.6 Å². The Morgan fingerprint density at radius 3 is 2.52 bits per heavy atom. The molecule has 3 amide bonds. The smallest absolute Gasteiger partial charge is 0.332 e. The Labute approximate surface area is 283 Å². The highest BCUT2D eigenvalue weighted by Crippen LogP contribution is 2.44. The molecule has 246 valence electrons. The van der Waals surface area contributed by atoms with Crippen LogP contribution in [0.2, 0.25) is 0 Å². The summed E-state index contributed by atoms with van der Waals surface area (Å²) >= 11 is 2.15. The number of urea groups is 1. The van der Waals surface area contributed by atoms with Gasteiger partial charge in [0.1, 0.15) is 23.6 Å². The molecular formula is C34H42IN5O6. The summed E-state index contributed by atoms with van der Waals surface area (Å²) in [7, 11) is 1.60. The minimum Gasteiger partial charge on any atom is -0.497 e. The molecule has 0 spiro atoms. The van der Waals surface area contributed by atoms with Crippen molar-refractivity contribution in [2.24, 2.45) is 11.7 Å². The van der Waals surface area contributed by atoms with Crippen LogP contribution in [0, 0.1) is 5.92 Å². The van der Waals surface area contributed by atoms with Crippen LogP contribution in [0.3, 0.4) is 0 Å². The fourth-order valence-electron chi connectivity index (χ4n) is 5.91. The molecule has 1 aliphatic carbocycles. The van der Waals surface area contributed by atoms with E-state index in [0.717, 1.165) is 16.6 Å². The lowest BCUT2D eigenvalue weighted by molar-refractivity contribution is -0.149. The second kappa shape index (κ2) is 14.4. The van der Waals surface area contributed by atoms with Crippen LogP contribution < -0.4 is 25.8 Å². The Balaban J connectivity index is 1.45. The topological polar surface area (TPSA) is 145 Å². The zero-order chi connectivity index (χ0) is 33.0. The lowest BCUT2D eigenvalue weighted by atomic mass is 10.0. The van der Waals surface area contributed by atoms with Crippen molar-refractivity contribution < 1.29 is 28.6 Å². The van der Waals surface area contributed by atoms with Gasteiger partial charge in [0.25, 0.3) is 0 Å². The van der Waals surface area contributed by atoms with Crippen LogP contribution in [0.5, 0.6) is 11.5 Å². The van der Waals surface area contributed by atoms with Gasteiger partial charge in [-0.2, -0.15) is 0 Å². The van der Waals surface area contributed by atoms with Crippen molar-refractivity contribution in [3.05, 3.63) is 54.6 Å². The standard InChI is InChI=1S/C34H42IN5O6/c1-5-45-32(42)34(17-30(34)35)39-31(41)28-15-24(19-40(28)33(43)37-22(18-36)13-20(2)3)46-29-16-26(21-9-7-6-8-10-21)38-27-14-23(44-4)11-12-25(27)29/h6-12,14,16,20,22,24,28,30H,5,13,15,17-19,36H2,1-4H3,(H,37,43)(H,39,41)/t22-,24+,28?,30+,34+/m0/s1. The predicted octanol–water partition coefficient (Wildman–Crippen LogP) is 4.44. The Morgan fingerprint density at radius 1 is 1.15 bits per heavy atom. The lowest BCUT2D eigenvalue weighted by Crippen LogP contribution is -2.56. The number of benzene rings is 2. The monoisotopic (exact) mass is 743 g/mol. The molecular weight excluding hydrogens is 701 g/mol. The van der Waals surface area contributed by atoms with Gasteiger partial charge in [0, 0.05) is 46.0 Å². The number of carbonyl (C=O) groups excluding carboxylic acids is 3. The summed E-state index contributed by atoms with van der Waals surface area (Å²) in [5.41, 5.74) is 7.22. The molecule has 2 aliphatic rings. The summed E-state index contributed by atoms with van der Waals surface area (Å²) in [5, 5.41) is 6.74. The van der Waals surface area contributed by atoms with Gasteiger partial charge in [0.15, 0.2) is 5.54 Å². The Morgan fingerprint density at radius 2 is 1.89 bits per heavy atom. The van der Waals surface area contributed by atoms with Crippen LogP contribution in [-0.4, -0.2) is 82.2 Å². The number of hydrogen-bond acceptors (Lipinski definition) is 8. The first-order valence-electron chi connectivity index (χ1n) is 15.7. The maximum absolute atomic E-state index is 13.9. The number of esters is 1. The van der Waals surface area contributed by atoms with Crippen molar-refractivity contribution in [1.29, 1.82) is 0 Å². The molecule has 12 heteroatoms. The third kappa shape index (κ3) is 7.33. The van der Waals surface area contributed by atoms with Gasteiger partial charge < -0.3 is 35.5 Å². The number of rotatable bonds is 12. The van der Waals surface area contributed by atoms with E-state index in [4.69, 9.17) is 24.9 Å². The number of alkyl halides is 1. The molecule has 2 heterocycles. The predicted molar refractivity (Wildman–Crippen MR) is 184 cm³/mol. The van der Waals surface area contributed by atoms with Gasteiger partial charge >= 0.3 is 12.0 Å². The number of nitrogens with two attached hydrogens (primary N) is 1. The largest absolute Gasteiger partial charge is 0.497 e. The third-order valence-corrected chi connectivity index (χ3v) is 9.90. The van der Waals surface area contributed by atoms with Gasteiger partial charge in [-0.1, -0.05) is 66.8 Å². The maximum Gasteiger partial charge on any atom is 0.332 e. The summed E-state index contributed by atoms with van der Waals surface area (Å²) in [6, 6.07) is 15.7. The van der Waals surface area contributed by atoms with E-state index < -0.39 is 35.6 Å². The van der Waals surface area contributed by atoms with Gasteiger partial charge in [-0.05, 0) is 37.8 Å². The molecule has 1 aromatic heterocycles. The molecule has 1 saturated heterocycles. The van der Waals surface area contributed by atoms with Crippen molar-refractivity contribution >= 4 is 51.4 Å². The van der Waals surface area contributed by atoms with E-state index in [-0.39, 0.29) is 36.1 Å². The SMILES string of the molecule is CCOC(=O)[C@@]1(NC(=O)C2C[C@@H](Oc3cc(-c4ccccc4)nc4cc(OC)ccc34)CN2C(=O)N[C@H](CN)CC(C)C)C[C@H]1I. The van der Waals surface area contributed by atoms with Crippen LogP contribution in [0.4, 0.5) is 4.79 Å². The number of pyridine rings is 1. The van der Waals surface area contributed by atoms with Gasteiger partial charge in [0.05, 0.1) is 31.5 Å². The first-order valence-corrected chi connectivity index (χ1v) is 16.9. The molecule has 11 nitrogen and oxygen atoms in total. The quantitative estimate of drug-likeness (QED) is 0.140. The number of amides is 3. The van der Waals surface area contributed by atoms with Gasteiger partial charge in [-0.25, -0.2) is 14.6 Å². The molecule has 5 rings (SSSR count). The summed E-state index contributed by atoms with van der Waals surface area (Å²) in [5.74, 6) is 0.680. The first kappa shape index (κ1) is 33.7. The number of ether oxygens (including phenoxy) is 3. The molecule has 1 unspecified atom stereocenters. The highest BCUT2D eigenvalue weighted by atomic mass is 127. The highest BCUT2D eigenvalue weighted by molar-refractivity contribution is 14.1. The molecule has 0 radical (unpaired) electrons. The van der Waals surface area contributed by atoms with Gasteiger partial charge in [-0.3, -0.25) is 4.79 Å². The molecule has 0 bridgehead atoms. The maximum atomic E-state index is 13.9. The van der Waals surface area contributed by atoms with Crippen LogP contribution in [0.25, 0.3) is 22.2 Å². The average molecular weight is 744 g/mol. The molecule has 5 atom stereocenters. The summed E-state index contributed by atoms with van der Waals surface area (Å²) in [6.45, 7) is 6.49. The molecule has 2 aromatic carbocycles. The van der Waals surface area contributed by atoms with Gasteiger partial charge in [0.2, 0.25) is 5.91 Å². The Hall–Kier alpha value is -3.65. The number of nitrogens with zero attached hydrogens (tertiary/aromatic N) is 2. The summed E-state index contributed by atoms with van der Waals surface area (Å²) in [6.07, 6.45) is 0.870. The van der Waals surface area contributed by atoms with Crippen LogP contribution in [0.1, 0.15) is 40.0 Å². The van der Waals surface area contributed by atoms with Crippen molar-refractivity contribution in [2.45, 2.75) is 67.7 Å².